The van der Waals surface area contributed by atoms with E-state index in [1.165, 1.54) is 23.1 Å². The molecule has 2 aromatic carbocycles. The molecule has 1 fully saturated rings. The van der Waals surface area contributed by atoms with Crippen LogP contribution in [-0.4, -0.2) is 60.2 Å². The molecule has 0 radical (unpaired) electrons. The summed E-state index contributed by atoms with van der Waals surface area (Å²) < 4.78 is 15.6. The first-order valence-electron chi connectivity index (χ1n) is 11.7. The van der Waals surface area contributed by atoms with E-state index in [-0.39, 0.29) is 11.8 Å². The van der Waals surface area contributed by atoms with Crippen molar-refractivity contribution in [1.29, 1.82) is 0 Å². The molecule has 1 N–H and O–H groups in total. The second-order valence-corrected chi connectivity index (χ2v) is 9.30. The number of nitrogens with one attached hydrogen (secondary N) is 1. The Morgan fingerprint density at radius 2 is 1.91 bits per heavy atom. The van der Waals surface area contributed by atoms with Crippen LogP contribution in [0.1, 0.15) is 37.7 Å². The molecule has 1 aromatic heterocycles. The second kappa shape index (κ2) is 10.6. The van der Waals surface area contributed by atoms with Gasteiger partial charge < -0.3 is 19.7 Å². The van der Waals surface area contributed by atoms with E-state index in [0.717, 1.165) is 56.6 Å². The maximum Gasteiger partial charge on any atom is 0.317 e. The van der Waals surface area contributed by atoms with E-state index >= 15 is 0 Å². The Morgan fingerprint density at radius 1 is 1.18 bits per heavy atom. The Balaban J connectivity index is 1.44. The third kappa shape index (κ3) is 5.50. The summed E-state index contributed by atoms with van der Waals surface area (Å²) in [4.78, 5) is 16.3. The summed E-state index contributed by atoms with van der Waals surface area (Å²) in [6, 6.07) is 12.6. The zero-order chi connectivity index (χ0) is 23.4. The van der Waals surface area contributed by atoms with E-state index in [9.17, 15) is 9.18 Å². The summed E-state index contributed by atoms with van der Waals surface area (Å²) in [6.45, 7) is 6.39. The van der Waals surface area contributed by atoms with Gasteiger partial charge in [-0.05, 0) is 80.2 Å². The summed E-state index contributed by atoms with van der Waals surface area (Å²) in [7, 11) is 1.85. The van der Waals surface area contributed by atoms with Crippen LogP contribution in [0, 0.1) is 5.82 Å². The van der Waals surface area contributed by atoms with Crippen LogP contribution in [0.4, 0.5) is 9.18 Å². The molecule has 2 heterocycles. The number of amides is 2. The van der Waals surface area contributed by atoms with Gasteiger partial charge in [0.05, 0.1) is 5.52 Å². The van der Waals surface area contributed by atoms with Gasteiger partial charge in [0.15, 0.2) is 0 Å². The van der Waals surface area contributed by atoms with Crippen LogP contribution in [0.15, 0.2) is 48.7 Å². The number of piperidine rings is 1. The molecular weight excluding hydrogens is 439 g/mol. The van der Waals surface area contributed by atoms with E-state index in [1.54, 1.807) is 17.0 Å². The molecule has 0 atom stereocenters. The highest BCUT2D eigenvalue weighted by molar-refractivity contribution is 6.31. The molecule has 176 valence electrons. The molecule has 7 heteroatoms. The van der Waals surface area contributed by atoms with Crippen LogP contribution in [0.2, 0.25) is 5.02 Å². The third-order valence-corrected chi connectivity index (χ3v) is 6.79. The minimum atomic E-state index is -0.241. The molecule has 0 aliphatic carbocycles. The Hall–Kier alpha value is -2.57. The molecule has 2 amide bonds. The highest BCUT2D eigenvalue weighted by atomic mass is 35.5. The Bertz CT molecular complexity index is 1090. The molecule has 1 aliphatic heterocycles. The molecule has 1 saturated heterocycles. The highest BCUT2D eigenvalue weighted by Gasteiger charge is 2.24. The predicted molar refractivity (Wildman–Crippen MR) is 133 cm³/mol. The fourth-order valence-electron chi connectivity index (χ4n) is 4.59. The van der Waals surface area contributed by atoms with Crippen LogP contribution < -0.4 is 5.32 Å². The number of carbonyl (C=O) groups excluding carboxylic acids is 1. The van der Waals surface area contributed by atoms with Crippen LogP contribution in [0.25, 0.3) is 16.6 Å². The van der Waals surface area contributed by atoms with Gasteiger partial charge in [0, 0.05) is 49.0 Å². The molecule has 4 rings (SSSR count). The molecule has 5 nitrogen and oxygen atoms in total. The van der Waals surface area contributed by atoms with Gasteiger partial charge in [-0.15, -0.1) is 0 Å². The SMILES string of the molecule is CCCNC(=O)N(C)CCN1CCC(c2cn(-c3ccc(F)cc3)c3cc(Cl)ccc23)CC1. The number of rotatable bonds is 7. The Morgan fingerprint density at radius 3 is 2.61 bits per heavy atom. The summed E-state index contributed by atoms with van der Waals surface area (Å²) in [6.07, 6.45) is 5.27. The minimum Gasteiger partial charge on any atom is -0.338 e. The molecule has 0 saturated carbocycles. The summed E-state index contributed by atoms with van der Waals surface area (Å²) in [5.74, 6) is 0.214. The first kappa shape index (κ1) is 23.6. The van der Waals surface area contributed by atoms with Crippen molar-refractivity contribution in [3.63, 3.8) is 0 Å². The average molecular weight is 471 g/mol. The molecule has 0 spiro atoms. The van der Waals surface area contributed by atoms with Crippen LogP contribution >= 0.6 is 11.6 Å². The first-order chi connectivity index (χ1) is 16.0. The molecule has 0 unspecified atom stereocenters. The molecular formula is C26H32ClFN4O. The number of likely N-dealkylation sites (tertiary alicyclic amines) is 1. The minimum absolute atomic E-state index is 0.000926. The number of nitrogens with zero attached hydrogens (tertiary/aromatic N) is 3. The standard InChI is InChI=1S/C26H32ClFN4O/c1-3-12-29-26(33)30(2)15-16-31-13-10-19(11-14-31)24-18-32(22-7-5-21(28)6-8-22)25-17-20(27)4-9-23(24)25/h4-9,17-19H,3,10-16H2,1-2H3,(H,29,33). The zero-order valence-corrected chi connectivity index (χ0v) is 20.1. The smallest absolute Gasteiger partial charge is 0.317 e. The second-order valence-electron chi connectivity index (χ2n) is 8.86. The highest BCUT2D eigenvalue weighted by Crippen LogP contribution is 2.36. The summed E-state index contributed by atoms with van der Waals surface area (Å²) >= 11 is 6.32. The molecule has 0 bridgehead atoms. The van der Waals surface area contributed by atoms with Crippen molar-refractivity contribution in [1.82, 2.24) is 19.7 Å². The Labute approximate surface area is 200 Å². The number of benzene rings is 2. The van der Waals surface area contributed by atoms with E-state index < -0.39 is 0 Å². The topological polar surface area (TPSA) is 40.5 Å². The van der Waals surface area contributed by atoms with Gasteiger partial charge in [0.2, 0.25) is 0 Å². The number of carbonyl (C=O) groups is 1. The average Bonchev–Trinajstić information content (AvgIpc) is 3.20. The van der Waals surface area contributed by atoms with Crippen molar-refractivity contribution in [2.45, 2.75) is 32.1 Å². The lowest BCUT2D eigenvalue weighted by atomic mass is 9.89. The monoisotopic (exact) mass is 470 g/mol. The van der Waals surface area contributed by atoms with Crippen molar-refractivity contribution in [3.8, 4) is 5.69 Å². The predicted octanol–water partition coefficient (Wildman–Crippen LogP) is 5.65. The number of fused-ring (bicyclic) bond motifs is 1. The molecule has 3 aromatic rings. The fourth-order valence-corrected chi connectivity index (χ4v) is 4.76. The lowest BCUT2D eigenvalue weighted by Gasteiger charge is -2.33. The largest absolute Gasteiger partial charge is 0.338 e. The van der Waals surface area contributed by atoms with Gasteiger partial charge in [-0.3, -0.25) is 0 Å². The normalized spacial score (nSPS) is 15.2. The summed E-state index contributed by atoms with van der Waals surface area (Å²) in [5.41, 5.74) is 3.30. The number of hydrogen-bond donors (Lipinski definition) is 1. The Kier molecular flexibility index (Phi) is 7.56. The number of urea groups is 1. The van der Waals surface area contributed by atoms with E-state index in [2.05, 4.69) is 34.0 Å². The van der Waals surface area contributed by atoms with Crippen molar-refractivity contribution in [2.24, 2.45) is 0 Å². The van der Waals surface area contributed by atoms with Gasteiger partial charge >= 0.3 is 6.03 Å². The quantitative estimate of drug-likeness (QED) is 0.484. The van der Waals surface area contributed by atoms with Crippen molar-refractivity contribution < 1.29 is 9.18 Å². The lowest BCUT2D eigenvalue weighted by molar-refractivity contribution is 0.177. The van der Waals surface area contributed by atoms with Crippen molar-refractivity contribution in [2.75, 3.05) is 39.8 Å². The van der Waals surface area contributed by atoms with Crippen LogP contribution in [0.3, 0.4) is 0 Å². The van der Waals surface area contributed by atoms with Crippen molar-refractivity contribution in [3.05, 3.63) is 65.1 Å². The maximum atomic E-state index is 13.5. The summed E-state index contributed by atoms with van der Waals surface area (Å²) in [5, 5.41) is 4.82. The first-order valence-corrected chi connectivity index (χ1v) is 12.1. The zero-order valence-electron chi connectivity index (χ0n) is 19.4. The van der Waals surface area contributed by atoms with Gasteiger partial charge in [0.1, 0.15) is 5.82 Å². The number of aromatic nitrogens is 1. The van der Waals surface area contributed by atoms with E-state index in [0.29, 0.717) is 17.5 Å². The van der Waals surface area contributed by atoms with Gasteiger partial charge in [-0.1, -0.05) is 24.6 Å². The van der Waals surface area contributed by atoms with E-state index in [1.807, 2.05) is 19.2 Å². The van der Waals surface area contributed by atoms with Crippen LogP contribution in [-0.2, 0) is 0 Å². The van der Waals surface area contributed by atoms with Crippen molar-refractivity contribution >= 4 is 28.5 Å². The molecule has 1 aliphatic rings. The van der Waals surface area contributed by atoms with Gasteiger partial charge in [-0.2, -0.15) is 0 Å². The molecule has 33 heavy (non-hydrogen) atoms. The van der Waals surface area contributed by atoms with Gasteiger partial charge in [-0.25, -0.2) is 9.18 Å². The van der Waals surface area contributed by atoms with Crippen LogP contribution in [0.5, 0.6) is 0 Å². The number of likely N-dealkylation sites (N-methyl/N-ethyl adjacent to an activating group) is 1. The lowest BCUT2D eigenvalue weighted by Crippen LogP contribution is -2.43. The number of halogens is 2. The number of hydrogen-bond acceptors (Lipinski definition) is 2. The fraction of sp³-hybridized carbons (Fsp3) is 0.423. The maximum absolute atomic E-state index is 13.5. The van der Waals surface area contributed by atoms with Gasteiger partial charge in [0.25, 0.3) is 0 Å². The third-order valence-electron chi connectivity index (χ3n) is 6.56. The van der Waals surface area contributed by atoms with E-state index in [4.69, 9.17) is 11.6 Å².